The molecule has 0 fully saturated rings. The van der Waals surface area contributed by atoms with Crippen molar-refractivity contribution in [3.63, 3.8) is 0 Å². The van der Waals surface area contributed by atoms with E-state index < -0.39 is 17.3 Å². The summed E-state index contributed by atoms with van der Waals surface area (Å²) in [5.74, 6) is -1.51. The molecule has 0 aromatic carbocycles. The molecule has 0 radical (unpaired) electrons. The Morgan fingerprint density at radius 1 is 1.50 bits per heavy atom. The summed E-state index contributed by atoms with van der Waals surface area (Å²) in [5, 5.41) is 12.0. The number of carboxylic acids is 1. The van der Waals surface area contributed by atoms with Crippen LogP contribution in [-0.2, 0) is 4.79 Å². The molecular weight excluding hydrogens is 234 g/mol. The van der Waals surface area contributed by atoms with Crippen LogP contribution < -0.4 is 11.1 Å². The first-order valence-corrected chi connectivity index (χ1v) is 5.48. The molecule has 0 aliphatic heterocycles. The van der Waals surface area contributed by atoms with Gasteiger partial charge in [0.15, 0.2) is 0 Å². The first kappa shape index (κ1) is 14.0. The van der Waals surface area contributed by atoms with Crippen molar-refractivity contribution in [1.82, 2.24) is 4.98 Å². The second-order valence-electron chi connectivity index (χ2n) is 4.78. The van der Waals surface area contributed by atoms with Crippen molar-refractivity contribution in [2.45, 2.75) is 20.8 Å². The number of amides is 1. The average molecular weight is 251 g/mol. The highest BCUT2D eigenvalue weighted by atomic mass is 16.4. The fourth-order valence-electron chi connectivity index (χ4n) is 1.28. The van der Waals surface area contributed by atoms with Crippen LogP contribution in [0.2, 0.25) is 0 Å². The van der Waals surface area contributed by atoms with Gasteiger partial charge in [-0.15, -0.1) is 0 Å². The molecule has 0 aliphatic carbocycles. The van der Waals surface area contributed by atoms with Crippen LogP contribution in [0.15, 0.2) is 12.3 Å². The second-order valence-corrected chi connectivity index (χ2v) is 4.78. The van der Waals surface area contributed by atoms with Crippen LogP contribution in [0.4, 0.5) is 5.69 Å². The first-order valence-electron chi connectivity index (χ1n) is 5.48. The minimum atomic E-state index is -1.07. The van der Waals surface area contributed by atoms with Gasteiger partial charge in [0.2, 0.25) is 5.91 Å². The summed E-state index contributed by atoms with van der Waals surface area (Å²) in [4.78, 5) is 26.1. The number of nitrogens with two attached hydrogens (primary N) is 1. The zero-order chi connectivity index (χ0) is 13.9. The molecule has 0 bridgehead atoms. The number of aromatic carboxylic acids is 1. The smallest absolute Gasteiger partial charge is 0.339 e. The van der Waals surface area contributed by atoms with Gasteiger partial charge in [0.25, 0.3) is 0 Å². The molecule has 1 heterocycles. The van der Waals surface area contributed by atoms with E-state index in [-0.39, 0.29) is 12.1 Å². The summed E-state index contributed by atoms with van der Waals surface area (Å²) in [6.45, 7) is 5.40. The Balaban J connectivity index is 2.94. The number of aromatic nitrogens is 1. The molecule has 4 N–H and O–H groups in total. The molecule has 98 valence electrons. The van der Waals surface area contributed by atoms with Gasteiger partial charge < -0.3 is 16.2 Å². The summed E-state index contributed by atoms with van der Waals surface area (Å²) in [5.41, 5.74) is 5.70. The van der Waals surface area contributed by atoms with Crippen LogP contribution in [0.5, 0.6) is 0 Å². The third kappa shape index (κ3) is 3.19. The molecule has 0 aliphatic rings. The van der Waals surface area contributed by atoms with E-state index >= 15 is 0 Å². The SMILES string of the molecule is Cc1cc(NCC(C)(C)C(N)=O)c(C(=O)O)cn1. The minimum absolute atomic E-state index is 0.0703. The van der Waals surface area contributed by atoms with Crippen LogP contribution in [-0.4, -0.2) is 28.5 Å². The van der Waals surface area contributed by atoms with E-state index in [1.807, 2.05) is 0 Å². The fraction of sp³-hybridized carbons (Fsp3) is 0.417. The van der Waals surface area contributed by atoms with Gasteiger partial charge in [-0.05, 0) is 26.8 Å². The number of primary amides is 1. The summed E-state index contributed by atoms with van der Waals surface area (Å²) in [6.07, 6.45) is 1.29. The molecule has 1 aromatic rings. The third-order valence-electron chi connectivity index (χ3n) is 2.66. The number of rotatable bonds is 5. The molecule has 1 amide bonds. The van der Waals surface area contributed by atoms with Gasteiger partial charge >= 0.3 is 5.97 Å². The van der Waals surface area contributed by atoms with Gasteiger partial charge in [-0.2, -0.15) is 0 Å². The van der Waals surface area contributed by atoms with Gasteiger partial charge in [0, 0.05) is 18.4 Å². The Bertz CT molecular complexity index is 483. The molecule has 1 rings (SSSR count). The Hall–Kier alpha value is -2.11. The van der Waals surface area contributed by atoms with Crippen molar-refractivity contribution < 1.29 is 14.7 Å². The molecule has 1 aromatic heterocycles. The van der Waals surface area contributed by atoms with E-state index in [1.165, 1.54) is 6.20 Å². The standard InChI is InChI=1S/C12H17N3O3/c1-7-4-9(8(5-14-7)10(16)17)15-6-12(2,3)11(13)18/h4-5H,6H2,1-3H3,(H2,13,18)(H,14,15)(H,16,17). The number of nitrogens with zero attached hydrogens (tertiary/aromatic N) is 1. The Kier molecular flexibility index (Phi) is 3.90. The van der Waals surface area contributed by atoms with Crippen molar-refractivity contribution >= 4 is 17.6 Å². The fourth-order valence-corrected chi connectivity index (χ4v) is 1.28. The number of hydrogen-bond donors (Lipinski definition) is 3. The predicted octanol–water partition coefficient (Wildman–Crippen LogP) is 1.01. The van der Waals surface area contributed by atoms with Crippen molar-refractivity contribution in [2.24, 2.45) is 11.1 Å². The largest absolute Gasteiger partial charge is 0.478 e. The molecule has 18 heavy (non-hydrogen) atoms. The van der Waals surface area contributed by atoms with Gasteiger partial charge in [0.05, 0.1) is 11.1 Å². The molecular formula is C12H17N3O3. The molecule has 0 atom stereocenters. The highest BCUT2D eigenvalue weighted by molar-refractivity contribution is 5.94. The van der Waals surface area contributed by atoms with Crippen molar-refractivity contribution in [1.29, 1.82) is 0 Å². The van der Waals surface area contributed by atoms with E-state index in [4.69, 9.17) is 10.8 Å². The van der Waals surface area contributed by atoms with Crippen molar-refractivity contribution in [3.05, 3.63) is 23.5 Å². The molecule has 6 heteroatoms. The third-order valence-corrected chi connectivity index (χ3v) is 2.66. The number of aryl methyl sites for hydroxylation is 1. The van der Waals surface area contributed by atoms with Gasteiger partial charge in [-0.25, -0.2) is 4.79 Å². The Labute approximate surface area is 105 Å². The monoisotopic (exact) mass is 251 g/mol. The number of nitrogens with one attached hydrogen (secondary N) is 1. The van der Waals surface area contributed by atoms with Crippen molar-refractivity contribution in [3.8, 4) is 0 Å². The van der Waals surface area contributed by atoms with Gasteiger partial charge in [-0.1, -0.05) is 0 Å². The topological polar surface area (TPSA) is 105 Å². The number of carbonyl (C=O) groups excluding carboxylic acids is 1. The lowest BCUT2D eigenvalue weighted by molar-refractivity contribution is -0.125. The highest BCUT2D eigenvalue weighted by Crippen LogP contribution is 2.20. The van der Waals surface area contributed by atoms with Crippen molar-refractivity contribution in [2.75, 3.05) is 11.9 Å². The zero-order valence-corrected chi connectivity index (χ0v) is 10.7. The molecule has 0 saturated carbocycles. The van der Waals surface area contributed by atoms with E-state index in [1.54, 1.807) is 26.8 Å². The summed E-state index contributed by atoms with van der Waals surface area (Å²) in [6, 6.07) is 1.63. The summed E-state index contributed by atoms with van der Waals surface area (Å²) < 4.78 is 0. The molecule has 0 saturated heterocycles. The lowest BCUT2D eigenvalue weighted by atomic mass is 9.92. The van der Waals surface area contributed by atoms with E-state index in [0.29, 0.717) is 11.4 Å². The molecule has 0 spiro atoms. The van der Waals surface area contributed by atoms with Crippen LogP contribution in [0.25, 0.3) is 0 Å². The first-order chi connectivity index (χ1) is 8.24. The maximum absolute atomic E-state index is 11.2. The van der Waals surface area contributed by atoms with E-state index in [2.05, 4.69) is 10.3 Å². The van der Waals surface area contributed by atoms with Crippen LogP contribution in [0.1, 0.15) is 29.9 Å². The maximum atomic E-state index is 11.2. The van der Waals surface area contributed by atoms with Crippen LogP contribution in [0, 0.1) is 12.3 Å². The number of hydrogen-bond acceptors (Lipinski definition) is 4. The normalized spacial score (nSPS) is 11.1. The number of carbonyl (C=O) groups is 2. The van der Waals surface area contributed by atoms with Crippen LogP contribution >= 0.6 is 0 Å². The number of anilines is 1. The summed E-state index contributed by atoms with van der Waals surface area (Å²) in [7, 11) is 0. The Morgan fingerprint density at radius 2 is 2.11 bits per heavy atom. The predicted molar refractivity (Wildman–Crippen MR) is 67.4 cm³/mol. The van der Waals surface area contributed by atoms with Gasteiger partial charge in [0.1, 0.15) is 5.56 Å². The second kappa shape index (κ2) is 5.03. The van der Waals surface area contributed by atoms with Gasteiger partial charge in [-0.3, -0.25) is 9.78 Å². The maximum Gasteiger partial charge on any atom is 0.339 e. The average Bonchev–Trinajstić information content (AvgIpc) is 2.26. The van der Waals surface area contributed by atoms with E-state index in [9.17, 15) is 9.59 Å². The van der Waals surface area contributed by atoms with Crippen LogP contribution in [0.3, 0.4) is 0 Å². The minimum Gasteiger partial charge on any atom is -0.478 e. The Morgan fingerprint density at radius 3 is 2.61 bits per heavy atom. The zero-order valence-electron chi connectivity index (χ0n) is 10.7. The summed E-state index contributed by atoms with van der Waals surface area (Å²) >= 11 is 0. The van der Waals surface area contributed by atoms with E-state index in [0.717, 1.165) is 0 Å². The highest BCUT2D eigenvalue weighted by Gasteiger charge is 2.25. The number of pyridine rings is 1. The lowest BCUT2D eigenvalue weighted by Crippen LogP contribution is -2.37. The molecule has 6 nitrogen and oxygen atoms in total. The quantitative estimate of drug-likeness (QED) is 0.724. The molecule has 0 unspecified atom stereocenters. The lowest BCUT2D eigenvalue weighted by Gasteiger charge is -2.22. The number of carboxylic acid groups (broad SMARTS) is 1.